The lowest BCUT2D eigenvalue weighted by Crippen LogP contribution is -2.26. The Morgan fingerprint density at radius 2 is 1.80 bits per heavy atom. The minimum atomic E-state index is -0.206. The highest BCUT2D eigenvalue weighted by molar-refractivity contribution is 5.82. The molecule has 3 nitrogen and oxygen atoms in total. The Bertz CT molecular complexity index is 609. The van der Waals surface area contributed by atoms with Gasteiger partial charge in [-0.3, -0.25) is 4.79 Å². The Kier molecular flexibility index (Phi) is 3.42. The molecule has 3 heteroatoms. The van der Waals surface area contributed by atoms with E-state index in [-0.39, 0.29) is 17.9 Å². The van der Waals surface area contributed by atoms with Gasteiger partial charge in [0.2, 0.25) is 0 Å². The van der Waals surface area contributed by atoms with Crippen molar-refractivity contribution in [3.05, 3.63) is 65.7 Å². The second-order valence-corrected chi connectivity index (χ2v) is 5.01. The Morgan fingerprint density at radius 1 is 1.10 bits per heavy atom. The maximum atomic E-state index is 12.1. The highest BCUT2D eigenvalue weighted by Gasteiger charge is 2.32. The lowest BCUT2D eigenvalue weighted by atomic mass is 9.84. The summed E-state index contributed by atoms with van der Waals surface area (Å²) in [4.78, 5) is 12.1. The molecule has 0 spiro atoms. The van der Waals surface area contributed by atoms with Crippen molar-refractivity contribution in [2.45, 2.75) is 18.4 Å². The summed E-state index contributed by atoms with van der Waals surface area (Å²) in [6.07, 6.45) is 0.716. The summed E-state index contributed by atoms with van der Waals surface area (Å²) >= 11 is 0. The van der Waals surface area contributed by atoms with Crippen molar-refractivity contribution >= 4 is 11.7 Å². The van der Waals surface area contributed by atoms with Gasteiger partial charge in [-0.05, 0) is 23.6 Å². The van der Waals surface area contributed by atoms with E-state index in [2.05, 4.69) is 17.4 Å². The number of fused-ring (bicyclic) bond motifs is 1. The van der Waals surface area contributed by atoms with Crippen molar-refractivity contribution in [2.24, 2.45) is 0 Å². The molecule has 3 rings (SSSR count). The van der Waals surface area contributed by atoms with E-state index in [9.17, 15) is 4.79 Å². The Hall–Kier alpha value is -2.29. The second kappa shape index (κ2) is 5.37. The third kappa shape index (κ3) is 2.27. The first-order valence-electron chi connectivity index (χ1n) is 6.78. The van der Waals surface area contributed by atoms with E-state index in [1.54, 1.807) is 0 Å². The smallest absolute Gasteiger partial charge is 0.313 e. The van der Waals surface area contributed by atoms with Crippen molar-refractivity contribution in [3.8, 4) is 0 Å². The molecule has 0 radical (unpaired) electrons. The van der Waals surface area contributed by atoms with Crippen molar-refractivity contribution in [3.63, 3.8) is 0 Å². The molecule has 0 fully saturated rings. The first kappa shape index (κ1) is 12.7. The zero-order valence-corrected chi connectivity index (χ0v) is 11.4. The molecular weight excluding hydrogens is 250 g/mol. The molecule has 0 aromatic heterocycles. The summed E-state index contributed by atoms with van der Waals surface area (Å²) in [6.45, 7) is 0. The molecule has 1 aliphatic heterocycles. The summed E-state index contributed by atoms with van der Waals surface area (Å²) < 4.78 is 4.96. The van der Waals surface area contributed by atoms with Crippen LogP contribution in [-0.4, -0.2) is 13.1 Å². The summed E-state index contributed by atoms with van der Waals surface area (Å²) in [6, 6.07) is 18.3. The Labute approximate surface area is 118 Å². The van der Waals surface area contributed by atoms with Crippen LogP contribution >= 0.6 is 0 Å². The quantitative estimate of drug-likeness (QED) is 0.846. The number of hydrogen-bond acceptors (Lipinski definition) is 3. The number of carbonyl (C=O) groups excluding carboxylic acids is 1. The number of ether oxygens (including phenoxy) is 1. The van der Waals surface area contributed by atoms with E-state index in [1.165, 1.54) is 12.7 Å². The number of methoxy groups -OCH3 is 1. The maximum absolute atomic E-state index is 12.1. The van der Waals surface area contributed by atoms with E-state index in [1.807, 2.05) is 42.5 Å². The molecule has 1 N–H and O–H groups in total. The van der Waals surface area contributed by atoms with E-state index in [0.717, 1.165) is 11.3 Å². The SMILES string of the molecule is COC(=O)C1CC(c2ccccc2)Nc2ccccc21. The van der Waals surface area contributed by atoms with Crippen LogP contribution in [0.3, 0.4) is 0 Å². The number of nitrogens with one attached hydrogen (secondary N) is 1. The van der Waals surface area contributed by atoms with E-state index in [0.29, 0.717) is 6.42 Å². The number of esters is 1. The van der Waals surface area contributed by atoms with Crippen LogP contribution in [0.15, 0.2) is 54.6 Å². The van der Waals surface area contributed by atoms with Gasteiger partial charge in [0.05, 0.1) is 19.1 Å². The van der Waals surface area contributed by atoms with E-state index >= 15 is 0 Å². The van der Waals surface area contributed by atoms with Gasteiger partial charge in [-0.1, -0.05) is 48.5 Å². The molecule has 0 saturated carbocycles. The molecule has 102 valence electrons. The van der Waals surface area contributed by atoms with Crippen LogP contribution < -0.4 is 5.32 Å². The molecule has 0 aliphatic carbocycles. The monoisotopic (exact) mass is 267 g/mol. The zero-order valence-electron chi connectivity index (χ0n) is 11.4. The van der Waals surface area contributed by atoms with Crippen LogP contribution in [0.5, 0.6) is 0 Å². The van der Waals surface area contributed by atoms with Crippen LogP contribution in [0.1, 0.15) is 29.5 Å². The van der Waals surface area contributed by atoms with E-state index < -0.39 is 0 Å². The molecule has 1 aliphatic rings. The fourth-order valence-corrected chi connectivity index (χ4v) is 2.81. The van der Waals surface area contributed by atoms with Gasteiger partial charge in [0.1, 0.15) is 0 Å². The van der Waals surface area contributed by atoms with Crippen LogP contribution in [-0.2, 0) is 9.53 Å². The molecule has 1 heterocycles. The number of benzene rings is 2. The lowest BCUT2D eigenvalue weighted by Gasteiger charge is -2.32. The number of hydrogen-bond donors (Lipinski definition) is 1. The third-order valence-electron chi connectivity index (χ3n) is 3.82. The molecule has 2 aromatic rings. The average Bonchev–Trinajstić information content (AvgIpc) is 2.54. The number of para-hydroxylation sites is 1. The van der Waals surface area contributed by atoms with Gasteiger partial charge in [-0.25, -0.2) is 0 Å². The molecule has 2 unspecified atom stereocenters. The first-order valence-corrected chi connectivity index (χ1v) is 6.78. The topological polar surface area (TPSA) is 38.3 Å². The molecule has 0 amide bonds. The first-order chi connectivity index (χ1) is 9.79. The number of carbonyl (C=O) groups is 1. The largest absolute Gasteiger partial charge is 0.469 e. The van der Waals surface area contributed by atoms with Crippen LogP contribution in [0, 0.1) is 0 Å². The third-order valence-corrected chi connectivity index (χ3v) is 3.82. The molecule has 20 heavy (non-hydrogen) atoms. The summed E-state index contributed by atoms with van der Waals surface area (Å²) in [5.41, 5.74) is 3.23. The van der Waals surface area contributed by atoms with Crippen LogP contribution in [0.25, 0.3) is 0 Å². The fraction of sp³-hybridized carbons (Fsp3) is 0.235. The van der Waals surface area contributed by atoms with Crippen molar-refractivity contribution in [1.29, 1.82) is 0 Å². The fourth-order valence-electron chi connectivity index (χ4n) is 2.81. The average molecular weight is 267 g/mol. The van der Waals surface area contributed by atoms with Gasteiger partial charge < -0.3 is 10.1 Å². The van der Waals surface area contributed by atoms with Gasteiger partial charge in [-0.2, -0.15) is 0 Å². The predicted molar refractivity (Wildman–Crippen MR) is 78.6 cm³/mol. The Balaban J connectivity index is 1.98. The van der Waals surface area contributed by atoms with Crippen molar-refractivity contribution < 1.29 is 9.53 Å². The highest BCUT2D eigenvalue weighted by Crippen LogP contribution is 2.40. The zero-order chi connectivity index (χ0) is 13.9. The van der Waals surface area contributed by atoms with Crippen molar-refractivity contribution in [1.82, 2.24) is 0 Å². The number of anilines is 1. The van der Waals surface area contributed by atoms with Gasteiger partial charge in [0.25, 0.3) is 0 Å². The standard InChI is InChI=1S/C17H17NO2/c1-20-17(19)14-11-16(12-7-3-2-4-8-12)18-15-10-6-5-9-13(14)15/h2-10,14,16,18H,11H2,1H3. The van der Waals surface area contributed by atoms with Crippen LogP contribution in [0.4, 0.5) is 5.69 Å². The summed E-state index contributed by atoms with van der Waals surface area (Å²) in [5.74, 6) is -0.373. The predicted octanol–water partition coefficient (Wildman–Crippen LogP) is 3.50. The molecule has 2 aromatic carbocycles. The van der Waals surface area contributed by atoms with E-state index in [4.69, 9.17) is 4.74 Å². The summed E-state index contributed by atoms with van der Waals surface area (Å²) in [7, 11) is 1.45. The Morgan fingerprint density at radius 3 is 2.55 bits per heavy atom. The van der Waals surface area contributed by atoms with Gasteiger partial charge >= 0.3 is 5.97 Å². The molecule has 0 bridgehead atoms. The highest BCUT2D eigenvalue weighted by atomic mass is 16.5. The second-order valence-electron chi connectivity index (χ2n) is 5.01. The summed E-state index contributed by atoms with van der Waals surface area (Å²) in [5, 5.41) is 3.51. The minimum absolute atomic E-state index is 0.134. The molecule has 2 atom stereocenters. The lowest BCUT2D eigenvalue weighted by molar-refractivity contribution is -0.142. The van der Waals surface area contributed by atoms with Gasteiger partial charge in [-0.15, -0.1) is 0 Å². The number of rotatable bonds is 2. The van der Waals surface area contributed by atoms with Gasteiger partial charge in [0.15, 0.2) is 0 Å². The normalized spacial score (nSPS) is 20.6. The minimum Gasteiger partial charge on any atom is -0.469 e. The molecular formula is C17H17NO2. The van der Waals surface area contributed by atoms with Crippen LogP contribution in [0.2, 0.25) is 0 Å². The van der Waals surface area contributed by atoms with Gasteiger partial charge in [0, 0.05) is 5.69 Å². The maximum Gasteiger partial charge on any atom is 0.313 e. The van der Waals surface area contributed by atoms with Crippen molar-refractivity contribution in [2.75, 3.05) is 12.4 Å². The molecule has 0 saturated heterocycles.